The lowest BCUT2D eigenvalue weighted by molar-refractivity contribution is -0.132. The van der Waals surface area contributed by atoms with Gasteiger partial charge in [-0.3, -0.25) is 4.79 Å². The molecule has 2 aliphatic heterocycles. The highest BCUT2D eigenvalue weighted by Crippen LogP contribution is 2.46. The average molecular weight is 370 g/mol. The van der Waals surface area contributed by atoms with Crippen LogP contribution in [0.5, 0.6) is 28.7 Å². The molecule has 2 aromatic carbocycles. The van der Waals surface area contributed by atoms with Gasteiger partial charge in [0.2, 0.25) is 6.79 Å². The van der Waals surface area contributed by atoms with E-state index in [4.69, 9.17) is 23.7 Å². The van der Waals surface area contributed by atoms with Gasteiger partial charge in [0.05, 0.1) is 7.11 Å². The molecule has 0 saturated carbocycles. The van der Waals surface area contributed by atoms with Crippen LogP contribution in [0.15, 0.2) is 30.3 Å². The van der Waals surface area contributed by atoms with Crippen LogP contribution in [0, 0.1) is 5.92 Å². The van der Waals surface area contributed by atoms with E-state index in [-0.39, 0.29) is 24.8 Å². The van der Waals surface area contributed by atoms with Crippen LogP contribution in [0.3, 0.4) is 0 Å². The maximum absolute atomic E-state index is 11.4. The third kappa shape index (κ3) is 3.27. The van der Waals surface area contributed by atoms with E-state index in [1.165, 1.54) is 6.92 Å². The van der Waals surface area contributed by atoms with Crippen LogP contribution in [0.25, 0.3) is 0 Å². The van der Waals surface area contributed by atoms with Crippen molar-refractivity contribution in [2.45, 2.75) is 32.8 Å². The van der Waals surface area contributed by atoms with Crippen molar-refractivity contribution in [1.82, 2.24) is 0 Å². The summed E-state index contributed by atoms with van der Waals surface area (Å²) in [5.74, 6) is 3.06. The van der Waals surface area contributed by atoms with Gasteiger partial charge in [0, 0.05) is 18.9 Å². The summed E-state index contributed by atoms with van der Waals surface area (Å²) in [6, 6.07) is 9.57. The molecule has 0 spiro atoms. The number of benzene rings is 2. The Balaban J connectivity index is 1.69. The first-order chi connectivity index (χ1) is 13.1. The summed E-state index contributed by atoms with van der Waals surface area (Å²) in [5.41, 5.74) is 2.07. The first kappa shape index (κ1) is 17.5. The molecule has 6 heteroatoms. The molecule has 0 aromatic heterocycles. The summed E-state index contributed by atoms with van der Waals surface area (Å²) in [6.45, 7) is 3.77. The minimum atomic E-state index is -0.379. The fourth-order valence-corrected chi connectivity index (χ4v) is 3.66. The zero-order valence-electron chi connectivity index (χ0n) is 15.6. The predicted octanol–water partition coefficient (Wildman–Crippen LogP) is 4.05. The van der Waals surface area contributed by atoms with Crippen molar-refractivity contribution in [3.8, 4) is 28.7 Å². The van der Waals surface area contributed by atoms with Gasteiger partial charge in [-0.2, -0.15) is 0 Å². The van der Waals surface area contributed by atoms with E-state index in [2.05, 4.69) is 6.92 Å². The Morgan fingerprint density at radius 2 is 1.93 bits per heavy atom. The molecule has 0 N–H and O–H groups in total. The first-order valence-corrected chi connectivity index (χ1v) is 9.04. The molecule has 4 rings (SSSR count). The maximum Gasteiger partial charge on any atom is 0.308 e. The van der Waals surface area contributed by atoms with E-state index >= 15 is 0 Å². The van der Waals surface area contributed by atoms with Gasteiger partial charge < -0.3 is 23.7 Å². The van der Waals surface area contributed by atoms with Crippen LogP contribution in [0.1, 0.15) is 37.5 Å². The quantitative estimate of drug-likeness (QED) is 0.598. The SMILES string of the molecule is CCC1Cc2cc(OC(C)=O)c(OC)cc2OC1c1ccc2c(c1)OCO2. The number of fused-ring (bicyclic) bond motifs is 2. The van der Waals surface area contributed by atoms with Crippen molar-refractivity contribution in [1.29, 1.82) is 0 Å². The molecule has 2 heterocycles. The Hall–Kier alpha value is -2.89. The second-order valence-corrected chi connectivity index (χ2v) is 6.73. The molecule has 0 amide bonds. The van der Waals surface area contributed by atoms with E-state index in [1.807, 2.05) is 24.3 Å². The molecule has 0 fully saturated rings. The monoisotopic (exact) mass is 370 g/mol. The third-order valence-corrected chi connectivity index (χ3v) is 5.01. The summed E-state index contributed by atoms with van der Waals surface area (Å²) in [5, 5.41) is 0. The summed E-state index contributed by atoms with van der Waals surface area (Å²) in [4.78, 5) is 11.4. The van der Waals surface area contributed by atoms with Gasteiger partial charge in [-0.1, -0.05) is 13.0 Å². The molecule has 0 saturated heterocycles. The summed E-state index contributed by atoms with van der Waals surface area (Å²) in [6.07, 6.45) is 1.68. The van der Waals surface area contributed by atoms with Gasteiger partial charge in [0.25, 0.3) is 0 Å². The predicted molar refractivity (Wildman–Crippen MR) is 97.7 cm³/mol. The number of esters is 1. The fourth-order valence-electron chi connectivity index (χ4n) is 3.66. The summed E-state index contributed by atoms with van der Waals surface area (Å²) < 4.78 is 27.9. The Kier molecular flexibility index (Phi) is 4.56. The largest absolute Gasteiger partial charge is 0.493 e. The second kappa shape index (κ2) is 7.02. The van der Waals surface area contributed by atoms with Crippen LogP contribution >= 0.6 is 0 Å². The number of ether oxygens (including phenoxy) is 5. The number of carbonyl (C=O) groups is 1. The molecule has 2 atom stereocenters. The van der Waals surface area contributed by atoms with Crippen molar-refractivity contribution >= 4 is 5.97 Å². The highest BCUT2D eigenvalue weighted by molar-refractivity contribution is 5.71. The molecule has 2 unspecified atom stereocenters. The van der Waals surface area contributed by atoms with Gasteiger partial charge in [0.15, 0.2) is 23.0 Å². The number of carbonyl (C=O) groups excluding carboxylic acids is 1. The van der Waals surface area contributed by atoms with Crippen LogP contribution in [-0.4, -0.2) is 19.9 Å². The maximum atomic E-state index is 11.4. The Morgan fingerprint density at radius 1 is 1.11 bits per heavy atom. The lowest BCUT2D eigenvalue weighted by Crippen LogP contribution is -2.25. The smallest absolute Gasteiger partial charge is 0.308 e. The number of hydrogen-bond donors (Lipinski definition) is 0. The van der Waals surface area contributed by atoms with Gasteiger partial charge in [-0.25, -0.2) is 0 Å². The Bertz CT molecular complexity index is 875. The van der Waals surface area contributed by atoms with E-state index in [0.717, 1.165) is 41.2 Å². The lowest BCUT2D eigenvalue weighted by Gasteiger charge is -2.34. The Morgan fingerprint density at radius 3 is 2.67 bits per heavy atom. The molecule has 6 nitrogen and oxygen atoms in total. The normalized spacial score (nSPS) is 19.8. The van der Waals surface area contributed by atoms with Crippen LogP contribution < -0.4 is 23.7 Å². The number of hydrogen-bond acceptors (Lipinski definition) is 6. The minimum absolute atomic E-state index is 0.0960. The minimum Gasteiger partial charge on any atom is -0.493 e. The summed E-state index contributed by atoms with van der Waals surface area (Å²) >= 11 is 0. The molecule has 0 aliphatic carbocycles. The summed E-state index contributed by atoms with van der Waals surface area (Å²) in [7, 11) is 1.54. The van der Waals surface area contributed by atoms with E-state index in [1.54, 1.807) is 13.2 Å². The van der Waals surface area contributed by atoms with Crippen LogP contribution in [-0.2, 0) is 11.2 Å². The zero-order valence-corrected chi connectivity index (χ0v) is 15.6. The molecule has 0 radical (unpaired) electrons. The highest BCUT2D eigenvalue weighted by atomic mass is 16.7. The topological polar surface area (TPSA) is 63.2 Å². The van der Waals surface area contributed by atoms with Crippen molar-refractivity contribution in [3.05, 3.63) is 41.5 Å². The molecule has 27 heavy (non-hydrogen) atoms. The van der Waals surface area contributed by atoms with E-state index in [0.29, 0.717) is 11.5 Å². The fraction of sp³-hybridized carbons (Fsp3) is 0.381. The number of methoxy groups -OCH3 is 1. The first-order valence-electron chi connectivity index (χ1n) is 9.04. The van der Waals surface area contributed by atoms with Crippen LogP contribution in [0.2, 0.25) is 0 Å². The molecule has 2 aromatic rings. The highest BCUT2D eigenvalue weighted by Gasteiger charge is 2.32. The van der Waals surface area contributed by atoms with E-state index in [9.17, 15) is 4.79 Å². The number of rotatable bonds is 4. The molecule has 2 aliphatic rings. The Labute approximate surface area is 157 Å². The zero-order chi connectivity index (χ0) is 19.0. The standard InChI is InChI=1S/C21H22O6/c1-4-13-7-15-9-20(26-12(2)22)18(23-3)10-17(15)27-21(13)14-5-6-16-19(8-14)25-11-24-16/h5-6,8-10,13,21H,4,7,11H2,1-3H3. The van der Waals surface area contributed by atoms with Crippen molar-refractivity contribution in [2.75, 3.05) is 13.9 Å². The molecule has 142 valence electrons. The van der Waals surface area contributed by atoms with Gasteiger partial charge in [0.1, 0.15) is 11.9 Å². The third-order valence-electron chi connectivity index (χ3n) is 5.01. The van der Waals surface area contributed by atoms with E-state index < -0.39 is 0 Å². The van der Waals surface area contributed by atoms with Crippen LogP contribution in [0.4, 0.5) is 0 Å². The van der Waals surface area contributed by atoms with Crippen molar-refractivity contribution in [3.63, 3.8) is 0 Å². The van der Waals surface area contributed by atoms with Crippen molar-refractivity contribution < 1.29 is 28.5 Å². The van der Waals surface area contributed by atoms with Gasteiger partial charge >= 0.3 is 5.97 Å². The second-order valence-electron chi connectivity index (χ2n) is 6.73. The van der Waals surface area contributed by atoms with Crippen molar-refractivity contribution in [2.24, 2.45) is 5.92 Å². The molecular formula is C21H22O6. The lowest BCUT2D eigenvalue weighted by atomic mass is 9.85. The van der Waals surface area contributed by atoms with Gasteiger partial charge in [-0.05, 0) is 42.2 Å². The average Bonchev–Trinajstić information content (AvgIpc) is 3.13. The molecule has 0 bridgehead atoms. The van der Waals surface area contributed by atoms with Gasteiger partial charge in [-0.15, -0.1) is 0 Å². The molecular weight excluding hydrogens is 348 g/mol.